The number of hydrogen-bond donors (Lipinski definition) is 2. The maximum atomic E-state index is 13.2. The molecular weight excluding hydrogens is 330 g/mol. The molecule has 2 aliphatic rings. The van der Waals surface area contributed by atoms with Gasteiger partial charge in [-0.1, -0.05) is 0 Å². The zero-order chi connectivity index (χ0) is 17.9. The minimum absolute atomic E-state index is 0.113. The van der Waals surface area contributed by atoms with Crippen molar-refractivity contribution >= 4 is 11.9 Å². The lowest BCUT2D eigenvalue weighted by Crippen LogP contribution is -2.55. The number of carbonyl (C=O) groups is 1. The fourth-order valence-electron chi connectivity index (χ4n) is 3.58. The van der Waals surface area contributed by atoms with Gasteiger partial charge in [0.2, 0.25) is 17.8 Å². The van der Waals surface area contributed by atoms with Gasteiger partial charge in [0.1, 0.15) is 0 Å². The molecule has 1 saturated heterocycles. The van der Waals surface area contributed by atoms with Gasteiger partial charge in [-0.25, -0.2) is 18.7 Å². The van der Waals surface area contributed by atoms with Crippen LogP contribution in [0.2, 0.25) is 0 Å². The normalized spacial score (nSPS) is 27.1. The number of carbonyl (C=O) groups excluding carboxylic acids is 1. The van der Waals surface area contributed by atoms with Gasteiger partial charge in [-0.2, -0.15) is 0 Å². The summed E-state index contributed by atoms with van der Waals surface area (Å²) >= 11 is 0. The van der Waals surface area contributed by atoms with Crippen molar-refractivity contribution in [1.82, 2.24) is 15.3 Å². The summed E-state index contributed by atoms with van der Waals surface area (Å²) in [5.41, 5.74) is -1.06. The molecule has 0 aromatic carbocycles. The van der Waals surface area contributed by atoms with Gasteiger partial charge in [0, 0.05) is 44.2 Å². The number of alkyl halides is 2. The van der Waals surface area contributed by atoms with Gasteiger partial charge in [0.25, 0.3) is 0 Å². The van der Waals surface area contributed by atoms with Gasteiger partial charge < -0.3 is 15.3 Å². The molecule has 2 heterocycles. The van der Waals surface area contributed by atoms with Gasteiger partial charge in [-0.15, -0.1) is 0 Å². The topological polar surface area (TPSA) is 78.4 Å². The third-order valence-electron chi connectivity index (χ3n) is 5.07. The van der Waals surface area contributed by atoms with Crippen LogP contribution in [0.15, 0.2) is 18.5 Å². The predicted octanol–water partition coefficient (Wildman–Crippen LogP) is 1.75. The number of nitrogens with zero attached hydrogens (tertiary/aromatic N) is 3. The molecule has 1 amide bonds. The molecule has 1 aromatic rings. The van der Waals surface area contributed by atoms with Crippen LogP contribution in [0.4, 0.5) is 14.7 Å². The van der Waals surface area contributed by atoms with Crippen LogP contribution in [-0.2, 0) is 4.79 Å². The number of aromatic nitrogens is 2. The Labute approximate surface area is 145 Å². The van der Waals surface area contributed by atoms with Crippen LogP contribution in [0.5, 0.6) is 0 Å². The maximum Gasteiger partial charge on any atom is 0.248 e. The highest BCUT2D eigenvalue weighted by Crippen LogP contribution is 2.36. The minimum Gasteiger partial charge on any atom is -0.386 e. The second-order valence-corrected chi connectivity index (χ2v) is 7.15. The van der Waals surface area contributed by atoms with E-state index >= 15 is 0 Å². The molecule has 138 valence electrons. The third-order valence-corrected chi connectivity index (χ3v) is 5.07. The highest BCUT2D eigenvalue weighted by Gasteiger charge is 2.39. The number of rotatable bonds is 4. The fraction of sp³-hybridized carbons (Fsp3) is 0.706. The van der Waals surface area contributed by atoms with Crippen molar-refractivity contribution in [2.75, 3.05) is 24.5 Å². The summed E-state index contributed by atoms with van der Waals surface area (Å²) in [6.45, 7) is 1.19. The summed E-state index contributed by atoms with van der Waals surface area (Å²) in [7, 11) is 0. The number of amides is 1. The monoisotopic (exact) mass is 354 g/mol. The van der Waals surface area contributed by atoms with E-state index in [0.29, 0.717) is 18.9 Å². The van der Waals surface area contributed by atoms with E-state index in [4.69, 9.17) is 0 Å². The van der Waals surface area contributed by atoms with Crippen molar-refractivity contribution in [2.45, 2.75) is 50.0 Å². The van der Waals surface area contributed by atoms with Gasteiger partial charge in [-0.05, 0) is 31.7 Å². The first-order chi connectivity index (χ1) is 11.9. The molecule has 0 spiro atoms. The lowest BCUT2D eigenvalue weighted by Gasteiger charge is -2.39. The van der Waals surface area contributed by atoms with E-state index in [1.165, 1.54) is 0 Å². The standard InChI is InChI=1S/C17H24F2N4O2/c18-17(19)6-3-13(4-7-17)14(24)22-11-16(25)5-1-10-23(12-16)15-20-8-2-9-21-15/h2,8-9,13,25H,1,3-7,10-12H2,(H,22,24)/t16-/m1/s1. The molecule has 2 fully saturated rings. The number of anilines is 1. The van der Waals surface area contributed by atoms with Gasteiger partial charge in [-0.3, -0.25) is 4.79 Å². The summed E-state index contributed by atoms with van der Waals surface area (Å²) in [4.78, 5) is 22.5. The summed E-state index contributed by atoms with van der Waals surface area (Å²) in [6.07, 6.45) is 4.54. The van der Waals surface area contributed by atoms with Crippen LogP contribution >= 0.6 is 0 Å². The van der Waals surface area contributed by atoms with Crippen LogP contribution in [-0.4, -0.2) is 52.1 Å². The van der Waals surface area contributed by atoms with E-state index in [-0.39, 0.29) is 44.1 Å². The van der Waals surface area contributed by atoms with Crippen molar-refractivity contribution in [3.8, 4) is 0 Å². The Morgan fingerprint density at radius 2 is 1.96 bits per heavy atom. The molecule has 6 nitrogen and oxygen atoms in total. The number of β-amino-alcohol motifs (C(OH)–C–C–N with tert-alkyl or cyclic N) is 1. The maximum absolute atomic E-state index is 13.2. The van der Waals surface area contributed by atoms with Crippen molar-refractivity contribution in [2.24, 2.45) is 5.92 Å². The van der Waals surface area contributed by atoms with E-state index in [1.807, 2.05) is 4.90 Å². The zero-order valence-corrected chi connectivity index (χ0v) is 14.1. The highest BCUT2D eigenvalue weighted by molar-refractivity contribution is 5.78. The molecule has 8 heteroatoms. The molecule has 1 aliphatic carbocycles. The Kier molecular flexibility index (Phi) is 5.17. The smallest absolute Gasteiger partial charge is 0.248 e. The molecule has 2 N–H and O–H groups in total. The molecular formula is C17H24F2N4O2. The fourth-order valence-corrected chi connectivity index (χ4v) is 3.58. The first-order valence-electron chi connectivity index (χ1n) is 8.77. The predicted molar refractivity (Wildman–Crippen MR) is 88.3 cm³/mol. The molecule has 25 heavy (non-hydrogen) atoms. The Morgan fingerprint density at radius 1 is 1.28 bits per heavy atom. The van der Waals surface area contributed by atoms with Crippen LogP contribution in [0.1, 0.15) is 38.5 Å². The molecule has 1 saturated carbocycles. The van der Waals surface area contributed by atoms with Gasteiger partial charge in [0.05, 0.1) is 12.1 Å². The summed E-state index contributed by atoms with van der Waals surface area (Å²) < 4.78 is 26.4. The number of hydrogen-bond acceptors (Lipinski definition) is 5. The van der Waals surface area contributed by atoms with Crippen molar-refractivity contribution in [3.63, 3.8) is 0 Å². The second-order valence-electron chi connectivity index (χ2n) is 7.15. The third kappa shape index (κ3) is 4.62. The first-order valence-corrected chi connectivity index (χ1v) is 8.77. The van der Waals surface area contributed by atoms with Crippen molar-refractivity contribution < 1.29 is 18.7 Å². The lowest BCUT2D eigenvalue weighted by molar-refractivity contribution is -0.130. The number of halogens is 2. The second kappa shape index (κ2) is 7.19. The molecule has 3 rings (SSSR count). The number of nitrogens with one attached hydrogen (secondary N) is 1. The molecule has 0 bridgehead atoms. The Hall–Kier alpha value is -1.83. The van der Waals surface area contributed by atoms with E-state index in [0.717, 1.165) is 13.0 Å². The summed E-state index contributed by atoms with van der Waals surface area (Å²) in [6, 6.07) is 1.73. The molecule has 0 radical (unpaired) electrons. The van der Waals surface area contributed by atoms with Crippen LogP contribution in [0.3, 0.4) is 0 Å². The van der Waals surface area contributed by atoms with E-state index in [9.17, 15) is 18.7 Å². The zero-order valence-electron chi connectivity index (χ0n) is 14.1. The van der Waals surface area contributed by atoms with Gasteiger partial charge >= 0.3 is 0 Å². The quantitative estimate of drug-likeness (QED) is 0.861. The van der Waals surface area contributed by atoms with E-state index < -0.39 is 11.5 Å². The highest BCUT2D eigenvalue weighted by atomic mass is 19.3. The first kappa shape index (κ1) is 18.0. The largest absolute Gasteiger partial charge is 0.386 e. The summed E-state index contributed by atoms with van der Waals surface area (Å²) in [5.74, 6) is -2.71. The number of piperidine rings is 1. The molecule has 1 aromatic heterocycles. The van der Waals surface area contributed by atoms with E-state index in [2.05, 4.69) is 15.3 Å². The summed E-state index contributed by atoms with van der Waals surface area (Å²) in [5, 5.41) is 13.6. The van der Waals surface area contributed by atoms with E-state index in [1.54, 1.807) is 18.5 Å². The Balaban J connectivity index is 1.52. The number of aliphatic hydroxyl groups is 1. The van der Waals surface area contributed by atoms with Crippen molar-refractivity contribution in [1.29, 1.82) is 0 Å². The van der Waals surface area contributed by atoms with Crippen LogP contribution in [0.25, 0.3) is 0 Å². The van der Waals surface area contributed by atoms with Crippen LogP contribution in [0, 0.1) is 5.92 Å². The Bertz CT molecular complexity index is 592. The van der Waals surface area contributed by atoms with Crippen LogP contribution < -0.4 is 10.2 Å². The average molecular weight is 354 g/mol. The van der Waals surface area contributed by atoms with Gasteiger partial charge in [0.15, 0.2) is 0 Å². The minimum atomic E-state index is -2.64. The SMILES string of the molecule is O=C(NC[C@]1(O)CCCN(c2ncccn2)C1)C1CCC(F)(F)CC1. The Morgan fingerprint density at radius 3 is 2.64 bits per heavy atom. The molecule has 0 unspecified atom stereocenters. The molecule has 1 atom stereocenters. The lowest BCUT2D eigenvalue weighted by atomic mass is 9.86. The molecule has 1 aliphatic heterocycles. The van der Waals surface area contributed by atoms with Crippen molar-refractivity contribution in [3.05, 3.63) is 18.5 Å². The average Bonchev–Trinajstić information content (AvgIpc) is 2.60.